The molecule has 1 unspecified atom stereocenters. The molecule has 3 rings (SSSR count). The van der Waals surface area contributed by atoms with Gasteiger partial charge in [-0.25, -0.2) is 4.99 Å². The fourth-order valence-electron chi connectivity index (χ4n) is 2.75. The summed E-state index contributed by atoms with van der Waals surface area (Å²) in [5.41, 5.74) is 1.08. The van der Waals surface area contributed by atoms with Crippen molar-refractivity contribution >= 4 is 41.5 Å². The second-order valence-corrected chi connectivity index (χ2v) is 6.50. The first-order valence-electron chi connectivity index (χ1n) is 8.70. The Labute approximate surface area is 176 Å². The largest absolute Gasteiger partial charge is 0.469 e. The van der Waals surface area contributed by atoms with Crippen molar-refractivity contribution in [2.24, 2.45) is 4.99 Å². The van der Waals surface area contributed by atoms with E-state index in [1.54, 1.807) is 6.26 Å². The van der Waals surface area contributed by atoms with Crippen LogP contribution in [0, 0.1) is 0 Å². The maximum absolute atomic E-state index is 6.04. The van der Waals surface area contributed by atoms with E-state index < -0.39 is 0 Å². The molecule has 1 saturated heterocycles. The lowest BCUT2D eigenvalue weighted by Gasteiger charge is -2.15. The van der Waals surface area contributed by atoms with Crippen molar-refractivity contribution in [1.29, 1.82) is 0 Å². The molecule has 2 heterocycles. The first kappa shape index (κ1) is 21.1. The zero-order chi connectivity index (χ0) is 17.3. The smallest absolute Gasteiger partial charge is 0.191 e. The monoisotopic (exact) mass is 489 g/mol. The van der Waals surface area contributed by atoms with Gasteiger partial charge in [-0.1, -0.05) is 23.7 Å². The lowest BCUT2D eigenvalue weighted by molar-refractivity contribution is 0.114. The van der Waals surface area contributed by atoms with Gasteiger partial charge in [-0.15, -0.1) is 24.0 Å². The SMILES string of the molecule is Clc1cccc(CN=C(NCCc2ccco2)NCC2CCCO2)c1.I. The van der Waals surface area contributed by atoms with Crippen molar-refractivity contribution in [2.45, 2.75) is 31.9 Å². The van der Waals surface area contributed by atoms with Gasteiger partial charge in [0.05, 0.1) is 18.9 Å². The molecule has 0 radical (unpaired) electrons. The fourth-order valence-corrected chi connectivity index (χ4v) is 2.97. The molecule has 1 aromatic carbocycles. The van der Waals surface area contributed by atoms with Crippen LogP contribution in [0.1, 0.15) is 24.2 Å². The number of aliphatic imine (C=N–C) groups is 1. The van der Waals surface area contributed by atoms with Gasteiger partial charge < -0.3 is 19.8 Å². The van der Waals surface area contributed by atoms with Crippen LogP contribution in [0.25, 0.3) is 0 Å². The highest BCUT2D eigenvalue weighted by atomic mass is 127. The van der Waals surface area contributed by atoms with Crippen molar-refractivity contribution in [3.05, 3.63) is 59.0 Å². The number of halogens is 2. The van der Waals surface area contributed by atoms with Crippen LogP contribution in [-0.4, -0.2) is 31.8 Å². The summed E-state index contributed by atoms with van der Waals surface area (Å²) in [5.74, 6) is 1.74. The van der Waals surface area contributed by atoms with E-state index in [4.69, 9.17) is 20.8 Å². The third-order valence-electron chi connectivity index (χ3n) is 4.07. The molecule has 0 bridgehead atoms. The first-order chi connectivity index (χ1) is 12.3. The Kier molecular flexibility index (Phi) is 9.28. The Morgan fingerprint density at radius 3 is 2.88 bits per heavy atom. The van der Waals surface area contributed by atoms with E-state index in [2.05, 4.69) is 15.6 Å². The van der Waals surface area contributed by atoms with Crippen LogP contribution in [0.4, 0.5) is 0 Å². The van der Waals surface area contributed by atoms with Crippen molar-refractivity contribution in [3.8, 4) is 0 Å². The molecular weight excluding hydrogens is 465 g/mol. The second-order valence-electron chi connectivity index (χ2n) is 6.07. The van der Waals surface area contributed by atoms with E-state index in [0.29, 0.717) is 6.54 Å². The van der Waals surface area contributed by atoms with Gasteiger partial charge in [-0.3, -0.25) is 0 Å². The Balaban J connectivity index is 0.00000243. The third-order valence-corrected chi connectivity index (χ3v) is 4.31. The molecular formula is C19H25ClIN3O2. The minimum Gasteiger partial charge on any atom is -0.469 e. The number of furan rings is 1. The van der Waals surface area contributed by atoms with Gasteiger partial charge in [-0.05, 0) is 42.7 Å². The van der Waals surface area contributed by atoms with Gasteiger partial charge in [0.25, 0.3) is 0 Å². The van der Waals surface area contributed by atoms with Gasteiger partial charge in [-0.2, -0.15) is 0 Å². The number of nitrogens with zero attached hydrogens (tertiary/aromatic N) is 1. The van der Waals surface area contributed by atoms with Crippen LogP contribution in [0.15, 0.2) is 52.1 Å². The molecule has 1 aromatic heterocycles. The highest BCUT2D eigenvalue weighted by Gasteiger charge is 2.15. The van der Waals surface area contributed by atoms with Crippen LogP contribution in [0.2, 0.25) is 5.02 Å². The molecule has 1 aliphatic heterocycles. The predicted octanol–water partition coefficient (Wildman–Crippen LogP) is 4.01. The summed E-state index contributed by atoms with van der Waals surface area (Å²) in [7, 11) is 0. The molecule has 0 spiro atoms. The number of hydrogen-bond donors (Lipinski definition) is 2. The van der Waals surface area contributed by atoms with Crippen molar-refractivity contribution in [1.82, 2.24) is 10.6 Å². The molecule has 1 aliphatic rings. The van der Waals surface area contributed by atoms with Crippen LogP contribution < -0.4 is 10.6 Å². The minimum absolute atomic E-state index is 0. The zero-order valence-electron chi connectivity index (χ0n) is 14.6. The topological polar surface area (TPSA) is 58.8 Å². The summed E-state index contributed by atoms with van der Waals surface area (Å²) in [4.78, 5) is 4.66. The summed E-state index contributed by atoms with van der Waals surface area (Å²) >= 11 is 6.04. The molecule has 2 N–H and O–H groups in total. The molecule has 5 nitrogen and oxygen atoms in total. The maximum Gasteiger partial charge on any atom is 0.191 e. The number of guanidine groups is 1. The van der Waals surface area contributed by atoms with Gasteiger partial charge in [0.1, 0.15) is 5.76 Å². The molecule has 142 valence electrons. The molecule has 0 saturated carbocycles. The van der Waals surface area contributed by atoms with E-state index in [1.165, 1.54) is 0 Å². The van der Waals surface area contributed by atoms with Gasteiger partial charge in [0.2, 0.25) is 0 Å². The number of hydrogen-bond acceptors (Lipinski definition) is 3. The van der Waals surface area contributed by atoms with E-state index in [9.17, 15) is 0 Å². The fraction of sp³-hybridized carbons (Fsp3) is 0.421. The van der Waals surface area contributed by atoms with E-state index in [-0.39, 0.29) is 30.1 Å². The number of rotatable bonds is 7. The molecule has 1 fully saturated rings. The first-order valence-corrected chi connectivity index (χ1v) is 9.08. The van der Waals surface area contributed by atoms with Crippen molar-refractivity contribution in [3.63, 3.8) is 0 Å². The average molecular weight is 490 g/mol. The standard InChI is InChI=1S/C19H24ClN3O2.HI/c20-16-5-1-4-15(12-16)13-22-19(23-14-18-7-3-11-25-18)21-9-8-17-6-2-10-24-17;/h1-2,4-6,10,12,18H,3,7-9,11,13-14H2,(H2,21,22,23);1H. The van der Waals surface area contributed by atoms with Gasteiger partial charge in [0.15, 0.2) is 5.96 Å². The molecule has 0 amide bonds. The van der Waals surface area contributed by atoms with Crippen LogP contribution >= 0.6 is 35.6 Å². The summed E-state index contributed by atoms with van der Waals surface area (Å²) < 4.78 is 11.0. The summed E-state index contributed by atoms with van der Waals surface area (Å²) in [6, 6.07) is 11.6. The summed E-state index contributed by atoms with van der Waals surface area (Å²) in [6.07, 6.45) is 5.00. The second kappa shape index (κ2) is 11.5. The van der Waals surface area contributed by atoms with E-state index in [1.807, 2.05) is 36.4 Å². The van der Waals surface area contributed by atoms with Crippen LogP contribution in [0.3, 0.4) is 0 Å². The summed E-state index contributed by atoms with van der Waals surface area (Å²) in [6.45, 7) is 2.94. The highest BCUT2D eigenvalue weighted by Crippen LogP contribution is 2.12. The molecule has 26 heavy (non-hydrogen) atoms. The Bertz CT molecular complexity index is 673. The lowest BCUT2D eigenvalue weighted by atomic mass is 10.2. The number of ether oxygens (including phenoxy) is 1. The predicted molar refractivity (Wildman–Crippen MR) is 115 cm³/mol. The summed E-state index contributed by atoms with van der Waals surface area (Å²) in [5, 5.41) is 7.46. The normalized spacial score (nSPS) is 17.0. The van der Waals surface area contributed by atoms with Gasteiger partial charge in [0, 0.05) is 31.1 Å². The molecule has 7 heteroatoms. The highest BCUT2D eigenvalue weighted by molar-refractivity contribution is 14.0. The maximum atomic E-state index is 6.04. The third kappa shape index (κ3) is 7.17. The molecule has 1 atom stereocenters. The van der Waals surface area contributed by atoms with E-state index >= 15 is 0 Å². The lowest BCUT2D eigenvalue weighted by Crippen LogP contribution is -2.41. The van der Waals surface area contributed by atoms with E-state index in [0.717, 1.165) is 61.3 Å². The Hall–Kier alpha value is -1.25. The molecule has 0 aliphatic carbocycles. The molecule has 2 aromatic rings. The van der Waals surface area contributed by atoms with Crippen LogP contribution in [-0.2, 0) is 17.7 Å². The van der Waals surface area contributed by atoms with Gasteiger partial charge >= 0.3 is 0 Å². The number of nitrogens with one attached hydrogen (secondary N) is 2. The zero-order valence-corrected chi connectivity index (χ0v) is 17.7. The van der Waals surface area contributed by atoms with Crippen molar-refractivity contribution in [2.75, 3.05) is 19.7 Å². The van der Waals surface area contributed by atoms with Crippen LogP contribution in [0.5, 0.6) is 0 Å². The Morgan fingerprint density at radius 1 is 1.23 bits per heavy atom. The van der Waals surface area contributed by atoms with Crippen molar-refractivity contribution < 1.29 is 9.15 Å². The Morgan fingerprint density at radius 2 is 2.15 bits per heavy atom. The minimum atomic E-state index is 0. The quantitative estimate of drug-likeness (QED) is 0.351. The average Bonchev–Trinajstić information content (AvgIpc) is 3.30. The number of benzene rings is 1.